The summed E-state index contributed by atoms with van der Waals surface area (Å²) in [6.45, 7) is 0. The number of carboxylic acids is 1. The van der Waals surface area contributed by atoms with Crippen LogP contribution in [-0.2, 0) is 11.2 Å². The van der Waals surface area contributed by atoms with Crippen LogP contribution in [0.5, 0.6) is 11.5 Å². The van der Waals surface area contributed by atoms with Gasteiger partial charge in [0, 0.05) is 11.6 Å². The van der Waals surface area contributed by atoms with Crippen molar-refractivity contribution in [2.75, 3.05) is 14.2 Å². The van der Waals surface area contributed by atoms with Crippen LogP contribution in [0, 0.1) is 5.82 Å². The maximum atomic E-state index is 13.3. The molecule has 0 aliphatic rings. The van der Waals surface area contributed by atoms with E-state index in [4.69, 9.17) is 9.47 Å². The van der Waals surface area contributed by atoms with Crippen molar-refractivity contribution in [2.24, 2.45) is 0 Å². The van der Waals surface area contributed by atoms with Crippen molar-refractivity contribution >= 4 is 5.97 Å². The van der Waals surface area contributed by atoms with E-state index in [0.717, 1.165) is 0 Å². The zero-order chi connectivity index (χ0) is 16.1. The average Bonchev–Trinajstić information content (AvgIpc) is 2.52. The lowest BCUT2D eigenvalue weighted by atomic mass is 9.91. The van der Waals surface area contributed by atoms with Crippen LogP contribution in [0.1, 0.15) is 17.0 Å². The molecule has 0 spiro atoms. The summed E-state index contributed by atoms with van der Waals surface area (Å²) in [6.07, 6.45) is 0.176. The molecule has 0 fully saturated rings. The van der Waals surface area contributed by atoms with Gasteiger partial charge >= 0.3 is 5.97 Å². The summed E-state index contributed by atoms with van der Waals surface area (Å²) in [5, 5.41) is 9.52. The molecular formula is C17H17FO4. The van der Waals surface area contributed by atoms with Gasteiger partial charge in [0.1, 0.15) is 17.3 Å². The minimum atomic E-state index is -0.993. The van der Waals surface area contributed by atoms with Crippen molar-refractivity contribution in [3.63, 3.8) is 0 Å². The highest BCUT2D eigenvalue weighted by Gasteiger charge is 2.24. The van der Waals surface area contributed by atoms with Crippen molar-refractivity contribution in [1.82, 2.24) is 0 Å². The molecule has 2 rings (SSSR count). The second-order valence-corrected chi connectivity index (χ2v) is 4.83. The molecule has 2 aromatic rings. The highest BCUT2D eigenvalue weighted by Crippen LogP contribution is 2.33. The minimum Gasteiger partial charge on any atom is -0.497 e. The maximum absolute atomic E-state index is 13.3. The quantitative estimate of drug-likeness (QED) is 0.890. The van der Waals surface area contributed by atoms with Gasteiger partial charge in [-0.2, -0.15) is 0 Å². The van der Waals surface area contributed by atoms with Gasteiger partial charge in [-0.05, 0) is 30.2 Å². The SMILES string of the molecule is COc1ccc(C(Cc2cccc(F)c2)C(=O)O)c(OC)c1. The molecule has 1 N–H and O–H groups in total. The monoisotopic (exact) mass is 304 g/mol. The standard InChI is InChI=1S/C17H17FO4/c1-21-13-6-7-14(16(10-13)22-2)15(17(19)20)9-11-4-3-5-12(18)8-11/h3-8,10,15H,9H2,1-2H3,(H,19,20). The number of aliphatic carboxylic acids is 1. The number of halogens is 1. The van der Waals surface area contributed by atoms with Crippen LogP contribution in [0.25, 0.3) is 0 Å². The third kappa shape index (κ3) is 3.55. The molecule has 0 saturated heterocycles. The largest absolute Gasteiger partial charge is 0.497 e. The second-order valence-electron chi connectivity index (χ2n) is 4.83. The molecule has 0 aliphatic carbocycles. The predicted octanol–water partition coefficient (Wildman–Crippen LogP) is 3.25. The Morgan fingerprint density at radius 3 is 2.55 bits per heavy atom. The summed E-state index contributed by atoms with van der Waals surface area (Å²) in [5.74, 6) is -1.20. The van der Waals surface area contributed by atoms with E-state index in [1.165, 1.54) is 26.4 Å². The second kappa shape index (κ2) is 6.93. The zero-order valence-electron chi connectivity index (χ0n) is 12.4. The number of rotatable bonds is 6. The van der Waals surface area contributed by atoms with E-state index in [9.17, 15) is 14.3 Å². The molecule has 22 heavy (non-hydrogen) atoms. The summed E-state index contributed by atoms with van der Waals surface area (Å²) in [6, 6.07) is 10.9. The van der Waals surface area contributed by atoms with Crippen LogP contribution < -0.4 is 9.47 Å². The smallest absolute Gasteiger partial charge is 0.311 e. The first-order chi connectivity index (χ1) is 10.5. The van der Waals surface area contributed by atoms with E-state index in [1.54, 1.807) is 30.3 Å². The molecule has 4 nitrogen and oxygen atoms in total. The summed E-state index contributed by atoms with van der Waals surface area (Å²) < 4.78 is 23.6. The van der Waals surface area contributed by atoms with Crippen LogP contribution in [0.4, 0.5) is 4.39 Å². The van der Waals surface area contributed by atoms with Gasteiger partial charge in [-0.3, -0.25) is 4.79 Å². The van der Waals surface area contributed by atoms with E-state index in [1.807, 2.05) is 0 Å². The molecule has 0 heterocycles. The Morgan fingerprint density at radius 2 is 1.95 bits per heavy atom. The number of carbonyl (C=O) groups is 1. The third-order valence-electron chi connectivity index (χ3n) is 3.44. The van der Waals surface area contributed by atoms with Gasteiger partial charge in [0.15, 0.2) is 0 Å². The fourth-order valence-electron chi connectivity index (χ4n) is 2.34. The first kappa shape index (κ1) is 15.8. The first-order valence-corrected chi connectivity index (χ1v) is 6.74. The number of carboxylic acid groups (broad SMARTS) is 1. The Morgan fingerprint density at radius 1 is 1.18 bits per heavy atom. The molecule has 2 aromatic carbocycles. The Bertz CT molecular complexity index is 669. The lowest BCUT2D eigenvalue weighted by molar-refractivity contribution is -0.138. The van der Waals surface area contributed by atoms with Crippen molar-refractivity contribution in [3.8, 4) is 11.5 Å². The molecular weight excluding hydrogens is 287 g/mol. The minimum absolute atomic E-state index is 0.176. The highest BCUT2D eigenvalue weighted by molar-refractivity contribution is 5.78. The van der Waals surface area contributed by atoms with E-state index in [-0.39, 0.29) is 12.2 Å². The summed E-state index contributed by atoms with van der Waals surface area (Å²) >= 11 is 0. The average molecular weight is 304 g/mol. The molecule has 0 amide bonds. The fraction of sp³-hybridized carbons (Fsp3) is 0.235. The first-order valence-electron chi connectivity index (χ1n) is 6.74. The Kier molecular flexibility index (Phi) is 4.99. The highest BCUT2D eigenvalue weighted by atomic mass is 19.1. The number of ether oxygens (including phenoxy) is 2. The number of methoxy groups -OCH3 is 2. The van der Waals surface area contributed by atoms with Crippen molar-refractivity contribution in [2.45, 2.75) is 12.3 Å². The summed E-state index contributed by atoms with van der Waals surface area (Å²) in [4.78, 5) is 11.6. The molecule has 5 heteroatoms. The maximum Gasteiger partial charge on any atom is 0.311 e. The Labute approximate surface area is 128 Å². The summed E-state index contributed by atoms with van der Waals surface area (Å²) in [5.41, 5.74) is 1.14. The molecule has 0 radical (unpaired) electrons. The van der Waals surface area contributed by atoms with E-state index >= 15 is 0 Å². The van der Waals surface area contributed by atoms with Crippen LogP contribution in [0.2, 0.25) is 0 Å². The Hall–Kier alpha value is -2.56. The van der Waals surface area contributed by atoms with Gasteiger partial charge in [-0.1, -0.05) is 18.2 Å². The molecule has 0 saturated carbocycles. The van der Waals surface area contributed by atoms with Gasteiger partial charge in [0.2, 0.25) is 0 Å². The number of benzene rings is 2. The van der Waals surface area contributed by atoms with Gasteiger partial charge in [-0.25, -0.2) is 4.39 Å². The van der Waals surface area contributed by atoms with Crippen molar-refractivity contribution in [3.05, 3.63) is 59.4 Å². The Balaban J connectivity index is 2.38. The lowest BCUT2D eigenvalue weighted by Gasteiger charge is -2.17. The van der Waals surface area contributed by atoms with E-state index in [0.29, 0.717) is 22.6 Å². The van der Waals surface area contributed by atoms with Gasteiger partial charge in [0.05, 0.1) is 20.1 Å². The zero-order valence-corrected chi connectivity index (χ0v) is 12.4. The van der Waals surface area contributed by atoms with E-state index < -0.39 is 11.9 Å². The predicted molar refractivity (Wildman–Crippen MR) is 80.0 cm³/mol. The molecule has 1 atom stereocenters. The van der Waals surface area contributed by atoms with Crippen LogP contribution in [0.3, 0.4) is 0 Å². The fourth-order valence-corrected chi connectivity index (χ4v) is 2.34. The molecule has 1 unspecified atom stereocenters. The van der Waals surface area contributed by atoms with E-state index in [2.05, 4.69) is 0 Å². The lowest BCUT2D eigenvalue weighted by Crippen LogP contribution is -2.15. The molecule has 0 aliphatic heterocycles. The van der Waals surface area contributed by atoms with Gasteiger partial charge in [-0.15, -0.1) is 0 Å². The van der Waals surface area contributed by atoms with Gasteiger partial charge < -0.3 is 14.6 Å². The third-order valence-corrected chi connectivity index (χ3v) is 3.44. The number of hydrogen-bond donors (Lipinski definition) is 1. The van der Waals surface area contributed by atoms with Crippen LogP contribution >= 0.6 is 0 Å². The topological polar surface area (TPSA) is 55.8 Å². The van der Waals surface area contributed by atoms with Gasteiger partial charge in [0.25, 0.3) is 0 Å². The van der Waals surface area contributed by atoms with Crippen LogP contribution in [-0.4, -0.2) is 25.3 Å². The van der Waals surface area contributed by atoms with Crippen molar-refractivity contribution < 1.29 is 23.8 Å². The van der Waals surface area contributed by atoms with Crippen LogP contribution in [0.15, 0.2) is 42.5 Å². The molecule has 0 aromatic heterocycles. The van der Waals surface area contributed by atoms with Crippen molar-refractivity contribution in [1.29, 1.82) is 0 Å². The molecule has 116 valence electrons. The number of hydrogen-bond acceptors (Lipinski definition) is 3. The summed E-state index contributed by atoms with van der Waals surface area (Å²) in [7, 11) is 3.00. The normalized spacial score (nSPS) is 11.8. The molecule has 0 bridgehead atoms.